The van der Waals surface area contributed by atoms with E-state index in [-0.39, 0.29) is 0 Å². The van der Waals surface area contributed by atoms with Gasteiger partial charge in [-0.1, -0.05) is 35.3 Å². The number of hydrogen-bond donors (Lipinski definition) is 1. The summed E-state index contributed by atoms with van der Waals surface area (Å²) in [5, 5.41) is 4.51. The Kier molecular flexibility index (Phi) is 4.37. The predicted octanol–water partition coefficient (Wildman–Crippen LogP) is 5.65. The second-order valence-electron chi connectivity index (χ2n) is 5.45. The SMILES string of the molecule is CC(NC1CC(c2cccc(Cl)c2)C1)c1ccc(Cl)s1. The third-order valence-corrected chi connectivity index (χ3v) is 5.61. The molecule has 106 valence electrons. The van der Waals surface area contributed by atoms with Gasteiger partial charge in [-0.2, -0.15) is 0 Å². The van der Waals surface area contributed by atoms with E-state index in [0.29, 0.717) is 18.0 Å². The van der Waals surface area contributed by atoms with Crippen molar-refractivity contribution in [1.82, 2.24) is 5.32 Å². The molecular formula is C16H17Cl2NS. The summed E-state index contributed by atoms with van der Waals surface area (Å²) in [5.41, 5.74) is 1.36. The molecule has 0 amide bonds. The molecule has 3 rings (SSSR count). The van der Waals surface area contributed by atoms with Crippen molar-refractivity contribution in [1.29, 1.82) is 0 Å². The van der Waals surface area contributed by atoms with E-state index >= 15 is 0 Å². The van der Waals surface area contributed by atoms with Gasteiger partial charge in [-0.15, -0.1) is 11.3 Å². The van der Waals surface area contributed by atoms with Gasteiger partial charge in [0.1, 0.15) is 0 Å². The summed E-state index contributed by atoms with van der Waals surface area (Å²) in [4.78, 5) is 1.31. The first-order valence-corrected chi connectivity index (χ1v) is 8.46. The summed E-state index contributed by atoms with van der Waals surface area (Å²) < 4.78 is 0.860. The summed E-state index contributed by atoms with van der Waals surface area (Å²) in [6.07, 6.45) is 2.37. The van der Waals surface area contributed by atoms with Crippen molar-refractivity contribution in [2.45, 2.75) is 37.8 Å². The molecular weight excluding hydrogens is 309 g/mol. The van der Waals surface area contributed by atoms with Gasteiger partial charge in [0.25, 0.3) is 0 Å². The van der Waals surface area contributed by atoms with E-state index in [4.69, 9.17) is 23.2 Å². The molecule has 1 N–H and O–H groups in total. The van der Waals surface area contributed by atoms with Gasteiger partial charge in [-0.05, 0) is 55.5 Å². The number of rotatable bonds is 4. The minimum absolute atomic E-state index is 0.373. The van der Waals surface area contributed by atoms with Crippen molar-refractivity contribution >= 4 is 34.5 Å². The van der Waals surface area contributed by atoms with Crippen LogP contribution in [0.4, 0.5) is 0 Å². The quantitative estimate of drug-likeness (QED) is 0.765. The summed E-state index contributed by atoms with van der Waals surface area (Å²) in [6, 6.07) is 13.3. The van der Waals surface area contributed by atoms with Gasteiger partial charge >= 0.3 is 0 Å². The smallest absolute Gasteiger partial charge is 0.0931 e. The Morgan fingerprint density at radius 1 is 1.20 bits per heavy atom. The first-order valence-electron chi connectivity index (χ1n) is 6.88. The topological polar surface area (TPSA) is 12.0 Å². The second-order valence-corrected chi connectivity index (χ2v) is 7.63. The van der Waals surface area contributed by atoms with Crippen LogP contribution in [0.1, 0.15) is 42.2 Å². The van der Waals surface area contributed by atoms with Crippen LogP contribution < -0.4 is 5.32 Å². The van der Waals surface area contributed by atoms with Crippen LogP contribution in [-0.4, -0.2) is 6.04 Å². The second kappa shape index (κ2) is 6.07. The van der Waals surface area contributed by atoms with Crippen LogP contribution in [-0.2, 0) is 0 Å². The van der Waals surface area contributed by atoms with E-state index < -0.39 is 0 Å². The van der Waals surface area contributed by atoms with Crippen molar-refractivity contribution in [2.75, 3.05) is 0 Å². The predicted molar refractivity (Wildman–Crippen MR) is 88.1 cm³/mol. The molecule has 0 saturated heterocycles. The first-order chi connectivity index (χ1) is 9.61. The van der Waals surface area contributed by atoms with E-state index in [0.717, 1.165) is 9.36 Å². The highest BCUT2D eigenvalue weighted by molar-refractivity contribution is 7.16. The minimum Gasteiger partial charge on any atom is -0.307 e. The molecule has 4 heteroatoms. The van der Waals surface area contributed by atoms with E-state index in [1.165, 1.54) is 23.3 Å². The monoisotopic (exact) mass is 325 g/mol. The number of halogens is 2. The lowest BCUT2D eigenvalue weighted by Gasteiger charge is -2.38. The first kappa shape index (κ1) is 14.4. The maximum atomic E-state index is 6.05. The average Bonchev–Trinajstić information content (AvgIpc) is 2.80. The fourth-order valence-electron chi connectivity index (χ4n) is 2.78. The number of hydrogen-bond acceptors (Lipinski definition) is 2. The zero-order valence-corrected chi connectivity index (χ0v) is 13.6. The van der Waals surface area contributed by atoms with Crippen LogP contribution in [0.25, 0.3) is 0 Å². The van der Waals surface area contributed by atoms with Crippen molar-refractivity contribution in [3.05, 3.63) is 56.2 Å². The molecule has 0 radical (unpaired) electrons. The van der Waals surface area contributed by atoms with Crippen LogP contribution in [0.15, 0.2) is 36.4 Å². The molecule has 1 aromatic heterocycles. The van der Waals surface area contributed by atoms with Crippen molar-refractivity contribution < 1.29 is 0 Å². The van der Waals surface area contributed by atoms with Gasteiger partial charge in [0, 0.05) is 22.0 Å². The zero-order valence-electron chi connectivity index (χ0n) is 11.3. The number of thiophene rings is 1. The van der Waals surface area contributed by atoms with Crippen molar-refractivity contribution in [3.63, 3.8) is 0 Å². The molecule has 1 atom stereocenters. The van der Waals surface area contributed by atoms with Gasteiger partial charge in [-0.3, -0.25) is 0 Å². The molecule has 1 aliphatic rings. The van der Waals surface area contributed by atoms with Gasteiger partial charge < -0.3 is 5.32 Å². The Labute approximate surface area is 133 Å². The summed E-state index contributed by atoms with van der Waals surface area (Å²) >= 11 is 13.7. The Balaban J connectivity index is 1.53. The Bertz CT molecular complexity index is 590. The molecule has 0 bridgehead atoms. The van der Waals surface area contributed by atoms with Crippen LogP contribution in [0.5, 0.6) is 0 Å². The van der Waals surface area contributed by atoms with E-state index in [1.54, 1.807) is 11.3 Å². The molecule has 1 heterocycles. The van der Waals surface area contributed by atoms with Gasteiger partial charge in [0.05, 0.1) is 4.34 Å². The largest absolute Gasteiger partial charge is 0.307 e. The molecule has 1 fully saturated rings. The molecule has 2 aromatic rings. The third kappa shape index (κ3) is 3.20. The summed E-state index contributed by atoms with van der Waals surface area (Å²) in [5.74, 6) is 0.644. The fraction of sp³-hybridized carbons (Fsp3) is 0.375. The maximum Gasteiger partial charge on any atom is 0.0931 e. The minimum atomic E-state index is 0.373. The lowest BCUT2D eigenvalue weighted by Crippen LogP contribution is -2.41. The van der Waals surface area contributed by atoms with Gasteiger partial charge in [0.2, 0.25) is 0 Å². The molecule has 0 aliphatic heterocycles. The van der Waals surface area contributed by atoms with Gasteiger partial charge in [0.15, 0.2) is 0 Å². The van der Waals surface area contributed by atoms with E-state index in [9.17, 15) is 0 Å². The average molecular weight is 326 g/mol. The standard InChI is InChI=1S/C16H17Cl2NS/c1-10(15-5-6-16(18)20-15)19-14-8-12(9-14)11-3-2-4-13(17)7-11/h2-7,10,12,14,19H,8-9H2,1H3. The Morgan fingerprint density at radius 3 is 2.65 bits per heavy atom. The lowest BCUT2D eigenvalue weighted by atomic mass is 9.75. The van der Waals surface area contributed by atoms with Gasteiger partial charge in [-0.25, -0.2) is 0 Å². The molecule has 1 nitrogen and oxygen atoms in total. The van der Waals surface area contributed by atoms with Crippen molar-refractivity contribution in [3.8, 4) is 0 Å². The highest BCUT2D eigenvalue weighted by Crippen LogP contribution is 2.39. The number of benzene rings is 1. The fourth-order valence-corrected chi connectivity index (χ4v) is 4.05. The van der Waals surface area contributed by atoms with Crippen LogP contribution in [0, 0.1) is 0 Å². The summed E-state index contributed by atoms with van der Waals surface area (Å²) in [6.45, 7) is 2.20. The Morgan fingerprint density at radius 2 is 2.00 bits per heavy atom. The number of nitrogens with one attached hydrogen (secondary N) is 1. The lowest BCUT2D eigenvalue weighted by molar-refractivity contribution is 0.272. The van der Waals surface area contributed by atoms with E-state index in [1.807, 2.05) is 18.2 Å². The molecule has 0 spiro atoms. The molecule has 1 unspecified atom stereocenters. The highest BCUT2D eigenvalue weighted by Gasteiger charge is 2.31. The van der Waals surface area contributed by atoms with Crippen molar-refractivity contribution in [2.24, 2.45) is 0 Å². The molecule has 1 aromatic carbocycles. The van der Waals surface area contributed by atoms with Crippen LogP contribution in [0.3, 0.4) is 0 Å². The highest BCUT2D eigenvalue weighted by atomic mass is 35.5. The third-order valence-electron chi connectivity index (χ3n) is 3.96. The molecule has 1 aliphatic carbocycles. The molecule has 1 saturated carbocycles. The Hall–Kier alpha value is -0.540. The molecule has 20 heavy (non-hydrogen) atoms. The maximum absolute atomic E-state index is 6.05. The van der Waals surface area contributed by atoms with E-state index in [2.05, 4.69) is 30.4 Å². The normalized spacial score (nSPS) is 23.4. The summed E-state index contributed by atoms with van der Waals surface area (Å²) in [7, 11) is 0. The zero-order chi connectivity index (χ0) is 14.1. The van der Waals surface area contributed by atoms with Crippen LogP contribution >= 0.6 is 34.5 Å². The van der Waals surface area contributed by atoms with Crippen LogP contribution in [0.2, 0.25) is 9.36 Å².